The van der Waals surface area contributed by atoms with Gasteiger partial charge in [0, 0.05) is 6.08 Å². The van der Waals surface area contributed by atoms with E-state index in [0.717, 1.165) is 37.7 Å². The van der Waals surface area contributed by atoms with Crippen molar-refractivity contribution in [3.05, 3.63) is 11.6 Å². The molecule has 0 heterocycles. The summed E-state index contributed by atoms with van der Waals surface area (Å²) in [5, 5.41) is 12.7. The number of hydrogen-bond donors (Lipinski definition) is 2. The fourth-order valence-corrected chi connectivity index (χ4v) is 1.94. The molecular weight excluding hydrogens is 190 g/mol. The predicted octanol–water partition coefficient (Wildman–Crippen LogP) is 1.76. The average Bonchev–Trinajstić information content (AvgIpc) is 2.30. The van der Waals surface area contributed by atoms with Crippen LogP contribution in [0.1, 0.15) is 46.0 Å². The van der Waals surface area contributed by atoms with Gasteiger partial charge in [-0.15, -0.1) is 0 Å². The molecule has 0 saturated heterocycles. The third-order valence-corrected chi connectivity index (χ3v) is 2.73. The summed E-state index contributed by atoms with van der Waals surface area (Å²) in [7, 11) is 0. The van der Waals surface area contributed by atoms with Crippen LogP contribution in [0.2, 0.25) is 0 Å². The van der Waals surface area contributed by atoms with Crippen molar-refractivity contribution in [2.75, 3.05) is 0 Å². The van der Waals surface area contributed by atoms with E-state index in [-0.39, 0.29) is 18.1 Å². The van der Waals surface area contributed by atoms with Crippen LogP contribution in [-0.2, 0) is 4.79 Å². The monoisotopic (exact) mass is 211 g/mol. The van der Waals surface area contributed by atoms with Gasteiger partial charge in [-0.25, -0.2) is 0 Å². The highest BCUT2D eigenvalue weighted by Gasteiger charge is 2.22. The highest BCUT2D eigenvalue weighted by Crippen LogP contribution is 2.17. The molecule has 1 fully saturated rings. The molecule has 2 N–H and O–H groups in total. The standard InChI is InChI=1S/C12H21NO2/c1-9(2)8-12(15)13-10-6-4-3-5-7-11(10)14/h8,10-11,14H,3-7H2,1-2H3,(H,13,15). The first-order chi connectivity index (χ1) is 7.09. The Bertz CT molecular complexity index is 244. The van der Waals surface area contributed by atoms with Crippen LogP contribution in [0.25, 0.3) is 0 Å². The lowest BCUT2D eigenvalue weighted by Gasteiger charge is -2.20. The van der Waals surface area contributed by atoms with Crippen molar-refractivity contribution in [3.63, 3.8) is 0 Å². The molecule has 1 rings (SSSR count). The van der Waals surface area contributed by atoms with Gasteiger partial charge in [-0.1, -0.05) is 24.8 Å². The Morgan fingerprint density at radius 1 is 1.27 bits per heavy atom. The largest absolute Gasteiger partial charge is 0.391 e. The number of carbonyl (C=O) groups excluding carboxylic acids is 1. The molecule has 1 aliphatic carbocycles. The Labute approximate surface area is 91.6 Å². The molecule has 0 radical (unpaired) electrons. The van der Waals surface area contributed by atoms with Gasteiger partial charge < -0.3 is 10.4 Å². The Kier molecular flexibility index (Phi) is 4.82. The van der Waals surface area contributed by atoms with Crippen LogP contribution < -0.4 is 5.32 Å². The summed E-state index contributed by atoms with van der Waals surface area (Å²) in [6, 6.07) is -0.0596. The lowest BCUT2D eigenvalue weighted by Crippen LogP contribution is -2.42. The Morgan fingerprint density at radius 2 is 1.93 bits per heavy atom. The molecule has 15 heavy (non-hydrogen) atoms. The number of allylic oxidation sites excluding steroid dienone is 1. The number of hydrogen-bond acceptors (Lipinski definition) is 2. The van der Waals surface area contributed by atoms with Gasteiger partial charge in [0.2, 0.25) is 5.91 Å². The van der Waals surface area contributed by atoms with Crippen LogP contribution in [0.4, 0.5) is 0 Å². The zero-order valence-electron chi connectivity index (χ0n) is 9.62. The minimum absolute atomic E-state index is 0.0596. The molecule has 86 valence electrons. The van der Waals surface area contributed by atoms with E-state index in [9.17, 15) is 9.90 Å². The average molecular weight is 211 g/mol. The zero-order chi connectivity index (χ0) is 11.3. The molecule has 0 aromatic heterocycles. The minimum atomic E-state index is -0.373. The van der Waals surface area contributed by atoms with E-state index in [0.29, 0.717) is 0 Å². The molecule has 2 unspecified atom stereocenters. The molecule has 0 spiro atoms. The van der Waals surface area contributed by atoms with Crippen molar-refractivity contribution < 1.29 is 9.90 Å². The molecular formula is C12H21NO2. The Hall–Kier alpha value is -0.830. The number of aliphatic hydroxyl groups is 1. The topological polar surface area (TPSA) is 49.3 Å². The maximum atomic E-state index is 11.5. The second-order valence-electron chi connectivity index (χ2n) is 4.54. The fourth-order valence-electron chi connectivity index (χ4n) is 1.94. The van der Waals surface area contributed by atoms with Crippen LogP contribution in [0.5, 0.6) is 0 Å². The molecule has 3 nitrogen and oxygen atoms in total. The van der Waals surface area contributed by atoms with Crippen molar-refractivity contribution in [1.82, 2.24) is 5.32 Å². The summed E-state index contributed by atoms with van der Waals surface area (Å²) in [6.07, 6.45) is 6.22. The van der Waals surface area contributed by atoms with Crippen LogP contribution >= 0.6 is 0 Å². The van der Waals surface area contributed by atoms with Gasteiger partial charge in [-0.05, 0) is 26.7 Å². The van der Waals surface area contributed by atoms with Crippen molar-refractivity contribution in [1.29, 1.82) is 0 Å². The Balaban J connectivity index is 2.48. The van der Waals surface area contributed by atoms with Gasteiger partial charge in [0.15, 0.2) is 0 Å². The molecule has 1 amide bonds. The van der Waals surface area contributed by atoms with E-state index in [2.05, 4.69) is 5.32 Å². The third-order valence-electron chi connectivity index (χ3n) is 2.73. The van der Waals surface area contributed by atoms with E-state index in [1.54, 1.807) is 6.08 Å². The van der Waals surface area contributed by atoms with Gasteiger partial charge >= 0.3 is 0 Å². The van der Waals surface area contributed by atoms with Crippen LogP contribution in [0, 0.1) is 0 Å². The van der Waals surface area contributed by atoms with Crippen LogP contribution in [0.15, 0.2) is 11.6 Å². The second kappa shape index (κ2) is 5.91. The highest BCUT2D eigenvalue weighted by atomic mass is 16.3. The molecule has 0 aliphatic heterocycles. The van der Waals surface area contributed by atoms with Crippen molar-refractivity contribution in [2.24, 2.45) is 0 Å². The van der Waals surface area contributed by atoms with E-state index >= 15 is 0 Å². The molecule has 1 aliphatic rings. The predicted molar refractivity (Wildman–Crippen MR) is 60.5 cm³/mol. The van der Waals surface area contributed by atoms with E-state index in [1.165, 1.54) is 0 Å². The fraction of sp³-hybridized carbons (Fsp3) is 0.750. The summed E-state index contributed by atoms with van der Waals surface area (Å²) in [5.41, 5.74) is 0.982. The molecule has 0 aromatic carbocycles. The summed E-state index contributed by atoms with van der Waals surface area (Å²) in [5.74, 6) is -0.0825. The Morgan fingerprint density at radius 3 is 2.60 bits per heavy atom. The summed E-state index contributed by atoms with van der Waals surface area (Å²) >= 11 is 0. The van der Waals surface area contributed by atoms with Gasteiger partial charge in [-0.2, -0.15) is 0 Å². The van der Waals surface area contributed by atoms with E-state index in [1.807, 2.05) is 13.8 Å². The summed E-state index contributed by atoms with van der Waals surface area (Å²) < 4.78 is 0. The molecule has 0 bridgehead atoms. The first kappa shape index (κ1) is 12.2. The van der Waals surface area contributed by atoms with Gasteiger partial charge in [-0.3, -0.25) is 4.79 Å². The van der Waals surface area contributed by atoms with Crippen molar-refractivity contribution in [2.45, 2.75) is 58.1 Å². The number of amides is 1. The lowest BCUT2D eigenvalue weighted by atomic mass is 10.1. The second-order valence-corrected chi connectivity index (χ2v) is 4.54. The molecule has 3 heteroatoms. The van der Waals surface area contributed by atoms with Gasteiger partial charge in [0.25, 0.3) is 0 Å². The summed E-state index contributed by atoms with van der Waals surface area (Å²) in [4.78, 5) is 11.5. The number of carbonyl (C=O) groups is 1. The number of nitrogens with one attached hydrogen (secondary N) is 1. The summed E-state index contributed by atoms with van der Waals surface area (Å²) in [6.45, 7) is 3.78. The lowest BCUT2D eigenvalue weighted by molar-refractivity contribution is -0.118. The zero-order valence-corrected chi connectivity index (χ0v) is 9.62. The molecule has 2 atom stereocenters. The third kappa shape index (κ3) is 4.47. The maximum Gasteiger partial charge on any atom is 0.244 e. The maximum absolute atomic E-state index is 11.5. The van der Waals surface area contributed by atoms with Crippen LogP contribution in [-0.4, -0.2) is 23.2 Å². The SMILES string of the molecule is CC(C)=CC(=O)NC1CCCCCC1O. The van der Waals surface area contributed by atoms with Crippen molar-refractivity contribution >= 4 is 5.91 Å². The quantitative estimate of drug-likeness (QED) is 0.540. The molecule has 0 aromatic rings. The highest BCUT2D eigenvalue weighted by molar-refractivity contribution is 5.88. The van der Waals surface area contributed by atoms with E-state index in [4.69, 9.17) is 0 Å². The van der Waals surface area contributed by atoms with E-state index < -0.39 is 0 Å². The normalized spacial score (nSPS) is 26.6. The number of aliphatic hydroxyl groups excluding tert-OH is 1. The molecule has 1 saturated carbocycles. The first-order valence-electron chi connectivity index (χ1n) is 5.73. The number of rotatable bonds is 2. The minimum Gasteiger partial charge on any atom is -0.391 e. The van der Waals surface area contributed by atoms with Gasteiger partial charge in [0.05, 0.1) is 12.1 Å². The first-order valence-corrected chi connectivity index (χ1v) is 5.73. The van der Waals surface area contributed by atoms with Crippen molar-refractivity contribution in [3.8, 4) is 0 Å². The van der Waals surface area contributed by atoms with Crippen LogP contribution in [0.3, 0.4) is 0 Å². The smallest absolute Gasteiger partial charge is 0.244 e. The van der Waals surface area contributed by atoms with Gasteiger partial charge in [0.1, 0.15) is 0 Å².